The largest absolute Gasteiger partial charge is 0.382 e. The topological polar surface area (TPSA) is 39.2 Å². The normalized spacial score (nSPS) is 18.4. The molecule has 3 nitrogen and oxygen atoms in total. The Hall–Kier alpha value is -1.22. The zero-order valence-corrected chi connectivity index (χ0v) is 11.0. The van der Waals surface area contributed by atoms with Gasteiger partial charge >= 0.3 is 0 Å². The number of aromatic nitrogens is 1. The van der Waals surface area contributed by atoms with Gasteiger partial charge in [0.15, 0.2) is 0 Å². The van der Waals surface area contributed by atoms with Gasteiger partial charge in [0.1, 0.15) is 5.78 Å². The molecule has 1 aromatic heterocycles. The molecule has 0 fully saturated rings. The molecule has 0 radical (unpaired) electrons. The second-order valence-corrected chi connectivity index (χ2v) is 4.76. The standard InChI is InChI=1S/C15H21NO2/c1-2-18-11-5-9-14(17)13-8-3-6-12-7-4-10-16-15(12)13/h4,7,10,13H,2-3,5-6,8-9,11H2,1H3. The Labute approximate surface area is 109 Å². The third-order valence-corrected chi connectivity index (χ3v) is 3.50. The Morgan fingerprint density at radius 2 is 2.44 bits per heavy atom. The number of carbonyl (C=O) groups excluding carboxylic acids is 1. The lowest BCUT2D eigenvalue weighted by atomic mass is 9.83. The van der Waals surface area contributed by atoms with E-state index < -0.39 is 0 Å². The number of ether oxygens (including phenoxy) is 1. The van der Waals surface area contributed by atoms with Gasteiger partial charge in [-0.2, -0.15) is 0 Å². The number of ketones is 1. The predicted octanol–water partition coefficient (Wildman–Crippen LogP) is 2.89. The highest BCUT2D eigenvalue weighted by molar-refractivity contribution is 5.85. The minimum absolute atomic E-state index is 0.0246. The maximum atomic E-state index is 12.2. The molecule has 0 spiro atoms. The summed E-state index contributed by atoms with van der Waals surface area (Å²) in [7, 11) is 0. The van der Waals surface area contributed by atoms with Gasteiger partial charge in [-0.25, -0.2) is 0 Å². The van der Waals surface area contributed by atoms with Crippen molar-refractivity contribution in [1.29, 1.82) is 0 Å². The third kappa shape index (κ3) is 3.16. The van der Waals surface area contributed by atoms with E-state index in [1.165, 1.54) is 5.56 Å². The number of carbonyl (C=O) groups is 1. The monoisotopic (exact) mass is 247 g/mol. The van der Waals surface area contributed by atoms with Crippen molar-refractivity contribution < 1.29 is 9.53 Å². The quantitative estimate of drug-likeness (QED) is 0.726. The van der Waals surface area contributed by atoms with Crippen molar-refractivity contribution in [3.8, 4) is 0 Å². The molecule has 0 saturated carbocycles. The molecule has 0 saturated heterocycles. The summed E-state index contributed by atoms with van der Waals surface area (Å²) < 4.78 is 5.27. The molecule has 0 N–H and O–H groups in total. The average Bonchev–Trinajstić information content (AvgIpc) is 2.43. The summed E-state index contributed by atoms with van der Waals surface area (Å²) in [4.78, 5) is 16.6. The van der Waals surface area contributed by atoms with Crippen molar-refractivity contribution in [3.05, 3.63) is 29.6 Å². The SMILES string of the molecule is CCOCCCC(=O)C1CCCc2cccnc21. The second kappa shape index (κ2) is 6.64. The molecule has 1 heterocycles. The van der Waals surface area contributed by atoms with Gasteiger partial charge in [0.25, 0.3) is 0 Å². The highest BCUT2D eigenvalue weighted by Gasteiger charge is 2.26. The zero-order chi connectivity index (χ0) is 12.8. The van der Waals surface area contributed by atoms with Crippen LogP contribution < -0.4 is 0 Å². The van der Waals surface area contributed by atoms with Gasteiger partial charge < -0.3 is 4.74 Å². The fourth-order valence-electron chi connectivity index (χ4n) is 2.59. The van der Waals surface area contributed by atoms with Crippen LogP contribution in [0.15, 0.2) is 18.3 Å². The van der Waals surface area contributed by atoms with Crippen molar-refractivity contribution in [2.45, 2.75) is 44.9 Å². The van der Waals surface area contributed by atoms with Crippen molar-refractivity contribution in [2.75, 3.05) is 13.2 Å². The molecule has 18 heavy (non-hydrogen) atoms. The van der Waals surface area contributed by atoms with Crippen molar-refractivity contribution in [2.24, 2.45) is 0 Å². The Bertz CT molecular complexity index is 403. The summed E-state index contributed by atoms with van der Waals surface area (Å²) in [5.41, 5.74) is 2.28. The Balaban J connectivity index is 1.95. The molecular formula is C15H21NO2. The van der Waals surface area contributed by atoms with Crippen LogP contribution in [0.3, 0.4) is 0 Å². The van der Waals surface area contributed by atoms with Crippen LogP contribution >= 0.6 is 0 Å². The van der Waals surface area contributed by atoms with Crippen LogP contribution in [0.4, 0.5) is 0 Å². The lowest BCUT2D eigenvalue weighted by Gasteiger charge is -2.23. The van der Waals surface area contributed by atoms with Crippen LogP contribution in [0.5, 0.6) is 0 Å². The maximum Gasteiger partial charge on any atom is 0.142 e. The number of nitrogens with zero attached hydrogens (tertiary/aromatic N) is 1. The van der Waals surface area contributed by atoms with Gasteiger partial charge in [0, 0.05) is 25.8 Å². The molecule has 1 aliphatic carbocycles. The van der Waals surface area contributed by atoms with Crippen molar-refractivity contribution in [3.63, 3.8) is 0 Å². The molecule has 98 valence electrons. The first kappa shape index (κ1) is 13.2. The lowest BCUT2D eigenvalue weighted by molar-refractivity contribution is -0.121. The summed E-state index contributed by atoms with van der Waals surface area (Å²) >= 11 is 0. The highest BCUT2D eigenvalue weighted by Crippen LogP contribution is 2.31. The molecule has 0 amide bonds. The molecule has 0 aliphatic heterocycles. The average molecular weight is 247 g/mol. The smallest absolute Gasteiger partial charge is 0.142 e. The van der Waals surface area contributed by atoms with Crippen LogP contribution in [-0.2, 0) is 16.0 Å². The molecular weight excluding hydrogens is 226 g/mol. The number of rotatable bonds is 6. The zero-order valence-electron chi connectivity index (χ0n) is 11.0. The van der Waals surface area contributed by atoms with Gasteiger partial charge in [0.05, 0.1) is 11.6 Å². The summed E-state index contributed by atoms with van der Waals surface area (Å²) in [6.45, 7) is 3.38. The lowest BCUT2D eigenvalue weighted by Crippen LogP contribution is -2.20. The van der Waals surface area contributed by atoms with E-state index in [1.807, 2.05) is 13.0 Å². The van der Waals surface area contributed by atoms with Crippen LogP contribution in [0.25, 0.3) is 0 Å². The van der Waals surface area contributed by atoms with E-state index in [4.69, 9.17) is 4.74 Å². The minimum atomic E-state index is 0.0246. The highest BCUT2D eigenvalue weighted by atomic mass is 16.5. The van der Waals surface area contributed by atoms with E-state index in [-0.39, 0.29) is 5.92 Å². The first-order valence-electron chi connectivity index (χ1n) is 6.87. The molecule has 3 heteroatoms. The van der Waals surface area contributed by atoms with E-state index in [1.54, 1.807) is 6.20 Å². The van der Waals surface area contributed by atoms with E-state index in [0.717, 1.165) is 38.0 Å². The van der Waals surface area contributed by atoms with Crippen molar-refractivity contribution in [1.82, 2.24) is 4.98 Å². The second-order valence-electron chi connectivity index (χ2n) is 4.76. The van der Waals surface area contributed by atoms with E-state index >= 15 is 0 Å². The summed E-state index contributed by atoms with van der Waals surface area (Å²) in [6.07, 6.45) is 6.35. The van der Waals surface area contributed by atoms with E-state index in [9.17, 15) is 4.79 Å². The van der Waals surface area contributed by atoms with Crippen LogP contribution in [0.1, 0.15) is 49.8 Å². The number of Topliss-reactive ketones (excluding diaryl/α,β-unsaturated/α-hetero) is 1. The number of pyridine rings is 1. The van der Waals surface area contributed by atoms with Gasteiger partial charge in [-0.15, -0.1) is 0 Å². The molecule has 1 aromatic rings. The van der Waals surface area contributed by atoms with Gasteiger partial charge in [-0.3, -0.25) is 9.78 Å². The van der Waals surface area contributed by atoms with Crippen LogP contribution in [-0.4, -0.2) is 24.0 Å². The Morgan fingerprint density at radius 3 is 3.28 bits per heavy atom. The summed E-state index contributed by atoms with van der Waals surface area (Å²) in [6, 6.07) is 4.06. The molecule has 0 bridgehead atoms. The van der Waals surface area contributed by atoms with Crippen LogP contribution in [0.2, 0.25) is 0 Å². The van der Waals surface area contributed by atoms with Gasteiger partial charge in [-0.1, -0.05) is 6.07 Å². The van der Waals surface area contributed by atoms with E-state index in [0.29, 0.717) is 18.8 Å². The fraction of sp³-hybridized carbons (Fsp3) is 0.600. The fourth-order valence-corrected chi connectivity index (χ4v) is 2.59. The maximum absolute atomic E-state index is 12.2. The third-order valence-electron chi connectivity index (χ3n) is 3.50. The first-order valence-corrected chi connectivity index (χ1v) is 6.87. The van der Waals surface area contributed by atoms with Crippen LogP contribution in [0, 0.1) is 0 Å². The van der Waals surface area contributed by atoms with Crippen molar-refractivity contribution >= 4 is 5.78 Å². The van der Waals surface area contributed by atoms with Gasteiger partial charge in [0.2, 0.25) is 0 Å². The minimum Gasteiger partial charge on any atom is -0.382 e. The summed E-state index contributed by atoms with van der Waals surface area (Å²) in [5.74, 6) is 0.353. The predicted molar refractivity (Wildman–Crippen MR) is 70.7 cm³/mol. The Morgan fingerprint density at radius 1 is 1.56 bits per heavy atom. The first-order chi connectivity index (χ1) is 8.83. The van der Waals surface area contributed by atoms with E-state index in [2.05, 4.69) is 11.1 Å². The number of hydrogen-bond donors (Lipinski definition) is 0. The molecule has 1 unspecified atom stereocenters. The number of fused-ring (bicyclic) bond motifs is 1. The molecule has 1 atom stereocenters. The summed E-state index contributed by atoms with van der Waals surface area (Å²) in [5, 5.41) is 0. The number of hydrogen-bond acceptors (Lipinski definition) is 3. The molecule has 1 aliphatic rings. The number of aryl methyl sites for hydroxylation is 1. The molecule has 2 rings (SSSR count). The Kier molecular flexibility index (Phi) is 4.88. The molecule has 0 aromatic carbocycles. The van der Waals surface area contributed by atoms with Gasteiger partial charge in [-0.05, 0) is 44.2 Å².